The molecule has 2 nitrogen and oxygen atoms in total. The number of nitrogens with zero attached hydrogens (tertiary/aromatic N) is 1. The quantitative estimate of drug-likeness (QED) is 0.892. The van der Waals surface area contributed by atoms with Crippen LogP contribution >= 0.6 is 0 Å². The molecule has 1 unspecified atom stereocenters. The Balaban J connectivity index is 3.00. The Morgan fingerprint density at radius 2 is 1.70 bits per heavy atom. The van der Waals surface area contributed by atoms with E-state index in [0.717, 1.165) is 6.42 Å². The minimum absolute atomic E-state index is 0.0309. The molecule has 0 saturated heterocycles. The van der Waals surface area contributed by atoms with Gasteiger partial charge in [0.05, 0.1) is 0 Å². The highest BCUT2D eigenvalue weighted by atomic mass is 19.1. The largest absolute Gasteiger partial charge is 0.369 e. The van der Waals surface area contributed by atoms with Crippen molar-refractivity contribution in [3.8, 4) is 0 Å². The van der Waals surface area contributed by atoms with Gasteiger partial charge in [-0.1, -0.05) is 27.7 Å². The second-order valence-corrected chi connectivity index (χ2v) is 6.70. The average molecular weight is 284 g/mol. The molecule has 4 heteroatoms. The van der Waals surface area contributed by atoms with Gasteiger partial charge in [0.15, 0.2) is 0 Å². The molecule has 0 saturated carbocycles. The van der Waals surface area contributed by atoms with E-state index in [0.29, 0.717) is 18.5 Å². The van der Waals surface area contributed by atoms with Crippen molar-refractivity contribution in [2.45, 2.75) is 46.6 Å². The summed E-state index contributed by atoms with van der Waals surface area (Å²) in [5, 5.41) is 0. The van der Waals surface area contributed by atoms with Gasteiger partial charge in [-0.25, -0.2) is 8.78 Å². The summed E-state index contributed by atoms with van der Waals surface area (Å²) in [7, 11) is 1.71. The van der Waals surface area contributed by atoms with E-state index in [1.54, 1.807) is 11.9 Å². The highest BCUT2D eigenvalue weighted by Gasteiger charge is 2.20. The van der Waals surface area contributed by atoms with Gasteiger partial charge in [0, 0.05) is 19.6 Å². The molecule has 1 aromatic carbocycles. The van der Waals surface area contributed by atoms with E-state index < -0.39 is 11.6 Å². The molecule has 0 spiro atoms. The van der Waals surface area contributed by atoms with Crippen LogP contribution in [0.5, 0.6) is 0 Å². The van der Waals surface area contributed by atoms with Crippen LogP contribution in [0.15, 0.2) is 12.1 Å². The summed E-state index contributed by atoms with van der Waals surface area (Å²) in [4.78, 5) is 1.63. The second-order valence-electron chi connectivity index (χ2n) is 6.70. The van der Waals surface area contributed by atoms with Crippen molar-refractivity contribution in [3.05, 3.63) is 29.3 Å². The molecule has 2 N–H and O–H groups in total. The third-order valence-corrected chi connectivity index (χ3v) is 3.19. The summed E-state index contributed by atoms with van der Waals surface area (Å²) in [6.45, 7) is 8.65. The van der Waals surface area contributed by atoms with Crippen LogP contribution in [-0.2, 0) is 6.42 Å². The summed E-state index contributed by atoms with van der Waals surface area (Å²) in [6.07, 6.45) is 1.28. The molecule has 1 rings (SSSR count). The highest BCUT2D eigenvalue weighted by Crippen LogP contribution is 2.27. The van der Waals surface area contributed by atoms with Gasteiger partial charge < -0.3 is 10.6 Å². The molecule has 0 heterocycles. The maximum atomic E-state index is 14.2. The van der Waals surface area contributed by atoms with Crippen molar-refractivity contribution in [1.82, 2.24) is 0 Å². The normalized spacial score (nSPS) is 13.4. The van der Waals surface area contributed by atoms with Crippen molar-refractivity contribution < 1.29 is 8.78 Å². The van der Waals surface area contributed by atoms with Crippen LogP contribution in [0.1, 0.15) is 39.7 Å². The lowest BCUT2D eigenvalue weighted by atomic mass is 9.96. The number of hydrogen-bond acceptors (Lipinski definition) is 2. The molecule has 0 aromatic heterocycles. The molecule has 0 radical (unpaired) electrons. The molecule has 0 aliphatic carbocycles. The first kappa shape index (κ1) is 16.9. The molecule has 1 atom stereocenters. The SMILES string of the molecule is CCC(N)Cc1cc(F)c(N(C)CC(C)(C)C)c(F)c1. The van der Waals surface area contributed by atoms with Crippen molar-refractivity contribution in [2.24, 2.45) is 11.1 Å². The van der Waals surface area contributed by atoms with Crippen LogP contribution in [0.2, 0.25) is 0 Å². The Morgan fingerprint density at radius 1 is 1.20 bits per heavy atom. The fourth-order valence-electron chi connectivity index (χ4n) is 2.34. The molecule has 114 valence electrons. The third-order valence-electron chi connectivity index (χ3n) is 3.19. The molecule has 0 aliphatic rings. The van der Waals surface area contributed by atoms with E-state index >= 15 is 0 Å². The van der Waals surface area contributed by atoms with Gasteiger partial charge in [0.25, 0.3) is 0 Å². The maximum absolute atomic E-state index is 14.2. The van der Waals surface area contributed by atoms with Crippen LogP contribution in [-0.4, -0.2) is 19.6 Å². The van der Waals surface area contributed by atoms with Gasteiger partial charge >= 0.3 is 0 Å². The Kier molecular flexibility index (Phi) is 5.51. The molecule has 0 bridgehead atoms. The Hall–Kier alpha value is -1.16. The average Bonchev–Trinajstić information content (AvgIpc) is 2.25. The molecule has 1 aromatic rings. The molecule has 0 aliphatic heterocycles. The summed E-state index contributed by atoms with van der Waals surface area (Å²) in [6, 6.07) is 2.73. The van der Waals surface area contributed by atoms with Crippen LogP contribution in [0, 0.1) is 17.0 Å². The lowest BCUT2D eigenvalue weighted by Crippen LogP contribution is -2.30. The summed E-state index contributed by atoms with van der Waals surface area (Å²) in [5.74, 6) is -1.04. The van der Waals surface area contributed by atoms with E-state index in [1.165, 1.54) is 12.1 Å². The molecular formula is C16H26F2N2. The zero-order valence-corrected chi connectivity index (χ0v) is 13.1. The van der Waals surface area contributed by atoms with Gasteiger partial charge in [0.1, 0.15) is 17.3 Å². The predicted octanol–water partition coefficient (Wildman–Crippen LogP) is 3.73. The van der Waals surface area contributed by atoms with Gasteiger partial charge in [-0.05, 0) is 36.0 Å². The van der Waals surface area contributed by atoms with Crippen molar-refractivity contribution in [3.63, 3.8) is 0 Å². The zero-order valence-electron chi connectivity index (χ0n) is 13.1. The van der Waals surface area contributed by atoms with Crippen molar-refractivity contribution in [2.75, 3.05) is 18.5 Å². The van der Waals surface area contributed by atoms with E-state index in [-0.39, 0.29) is 17.1 Å². The fourth-order valence-corrected chi connectivity index (χ4v) is 2.34. The lowest BCUT2D eigenvalue weighted by molar-refractivity contribution is 0.414. The van der Waals surface area contributed by atoms with E-state index in [2.05, 4.69) is 0 Å². The first-order valence-electron chi connectivity index (χ1n) is 7.08. The van der Waals surface area contributed by atoms with Gasteiger partial charge in [-0.15, -0.1) is 0 Å². The van der Waals surface area contributed by atoms with Gasteiger partial charge in [0.2, 0.25) is 0 Å². The van der Waals surface area contributed by atoms with Gasteiger partial charge in [-0.2, -0.15) is 0 Å². The number of anilines is 1. The van der Waals surface area contributed by atoms with Gasteiger partial charge in [-0.3, -0.25) is 0 Å². The molecule has 20 heavy (non-hydrogen) atoms. The van der Waals surface area contributed by atoms with Crippen molar-refractivity contribution >= 4 is 5.69 Å². The number of rotatable bonds is 5. The zero-order chi connectivity index (χ0) is 15.5. The predicted molar refractivity (Wildman–Crippen MR) is 81.1 cm³/mol. The molecular weight excluding hydrogens is 258 g/mol. The van der Waals surface area contributed by atoms with Crippen molar-refractivity contribution in [1.29, 1.82) is 0 Å². The second kappa shape index (κ2) is 6.53. The maximum Gasteiger partial charge on any atom is 0.149 e. The Labute approximate surface area is 121 Å². The van der Waals surface area contributed by atoms with Crippen LogP contribution in [0.4, 0.5) is 14.5 Å². The monoisotopic (exact) mass is 284 g/mol. The number of nitrogens with two attached hydrogens (primary N) is 1. The Morgan fingerprint density at radius 3 is 2.10 bits per heavy atom. The molecule has 0 fully saturated rings. The topological polar surface area (TPSA) is 29.3 Å². The fraction of sp³-hybridized carbons (Fsp3) is 0.625. The number of halogens is 2. The first-order chi connectivity index (χ1) is 9.14. The van der Waals surface area contributed by atoms with E-state index in [1.807, 2.05) is 27.7 Å². The summed E-state index contributed by atoms with van der Waals surface area (Å²) >= 11 is 0. The van der Waals surface area contributed by atoms with Crippen LogP contribution in [0.25, 0.3) is 0 Å². The summed E-state index contributed by atoms with van der Waals surface area (Å²) in [5.41, 5.74) is 6.45. The first-order valence-corrected chi connectivity index (χ1v) is 7.08. The number of hydrogen-bond donors (Lipinski definition) is 1. The standard InChI is InChI=1S/C16H26F2N2/c1-6-12(19)7-11-8-13(17)15(14(18)9-11)20(5)10-16(2,3)4/h8-9,12H,6-7,10,19H2,1-5H3. The highest BCUT2D eigenvalue weighted by molar-refractivity contribution is 5.50. The smallest absolute Gasteiger partial charge is 0.149 e. The summed E-state index contributed by atoms with van der Waals surface area (Å²) < 4.78 is 28.3. The van der Waals surface area contributed by atoms with Crippen LogP contribution < -0.4 is 10.6 Å². The lowest BCUT2D eigenvalue weighted by Gasteiger charge is -2.29. The van der Waals surface area contributed by atoms with E-state index in [4.69, 9.17) is 5.73 Å². The minimum atomic E-state index is -0.518. The Bertz CT molecular complexity index is 429. The minimum Gasteiger partial charge on any atom is -0.369 e. The molecule has 0 amide bonds. The van der Waals surface area contributed by atoms with E-state index in [9.17, 15) is 8.78 Å². The third kappa shape index (κ3) is 4.75. The van der Waals surface area contributed by atoms with Crippen LogP contribution in [0.3, 0.4) is 0 Å². The number of benzene rings is 1.